The van der Waals surface area contributed by atoms with Gasteiger partial charge in [-0.25, -0.2) is 4.79 Å². The molecule has 0 saturated carbocycles. The van der Waals surface area contributed by atoms with Crippen molar-refractivity contribution in [1.29, 1.82) is 0 Å². The Balaban J connectivity index is 2.04. The SMILES string of the molecule is CC(C)Oc1cccc2c3n(nc12)C[C@H](C(C)(C)C)n1cc(C(=O)O)c(=O)cc1-3. The minimum absolute atomic E-state index is 0.00896. The van der Waals surface area contributed by atoms with Crippen molar-refractivity contribution in [2.24, 2.45) is 5.41 Å². The lowest BCUT2D eigenvalue weighted by Gasteiger charge is -2.38. The Morgan fingerprint density at radius 3 is 2.66 bits per heavy atom. The van der Waals surface area contributed by atoms with E-state index in [2.05, 4.69) is 20.8 Å². The average molecular weight is 395 g/mol. The Bertz CT molecular complexity index is 1180. The first-order valence-electron chi connectivity index (χ1n) is 9.74. The third kappa shape index (κ3) is 3.10. The van der Waals surface area contributed by atoms with Crippen molar-refractivity contribution in [3.63, 3.8) is 0 Å². The summed E-state index contributed by atoms with van der Waals surface area (Å²) in [6.07, 6.45) is 1.49. The van der Waals surface area contributed by atoms with Gasteiger partial charge in [-0.2, -0.15) is 5.10 Å². The van der Waals surface area contributed by atoms with Crippen LogP contribution in [0.15, 0.2) is 35.3 Å². The smallest absolute Gasteiger partial charge is 0.341 e. The van der Waals surface area contributed by atoms with Gasteiger partial charge in [-0.1, -0.05) is 32.9 Å². The highest BCUT2D eigenvalue weighted by Gasteiger charge is 2.35. The van der Waals surface area contributed by atoms with E-state index >= 15 is 0 Å². The Kier molecular flexibility index (Phi) is 4.29. The molecule has 1 aliphatic rings. The molecule has 3 heterocycles. The number of carbonyl (C=O) groups is 1. The molecule has 0 amide bonds. The van der Waals surface area contributed by atoms with E-state index in [0.29, 0.717) is 18.0 Å². The number of carboxylic acids is 1. The number of rotatable bonds is 3. The van der Waals surface area contributed by atoms with Gasteiger partial charge in [0.15, 0.2) is 5.43 Å². The fourth-order valence-electron chi connectivity index (χ4n) is 3.98. The quantitative estimate of drug-likeness (QED) is 0.726. The first-order valence-corrected chi connectivity index (χ1v) is 9.74. The van der Waals surface area contributed by atoms with Crippen LogP contribution < -0.4 is 10.2 Å². The summed E-state index contributed by atoms with van der Waals surface area (Å²) in [7, 11) is 0. The van der Waals surface area contributed by atoms with Crippen LogP contribution in [-0.2, 0) is 6.54 Å². The molecule has 2 aromatic heterocycles. The van der Waals surface area contributed by atoms with E-state index in [9.17, 15) is 14.7 Å². The van der Waals surface area contributed by atoms with Crippen molar-refractivity contribution < 1.29 is 14.6 Å². The predicted molar refractivity (Wildman–Crippen MR) is 111 cm³/mol. The normalized spacial score (nSPS) is 16.0. The van der Waals surface area contributed by atoms with Gasteiger partial charge in [0.05, 0.1) is 30.1 Å². The first kappa shape index (κ1) is 19.2. The van der Waals surface area contributed by atoms with Gasteiger partial charge in [0.2, 0.25) is 0 Å². The summed E-state index contributed by atoms with van der Waals surface area (Å²) in [5.41, 5.74) is 1.33. The molecule has 0 saturated heterocycles. The molecule has 1 N–H and O–H groups in total. The monoisotopic (exact) mass is 395 g/mol. The standard InChI is InChI=1S/C22H25N3O4/c1-12(2)29-17-8-6-7-13-19(17)23-25-11-18(22(3,4)5)24-10-14(21(27)28)16(26)9-15(24)20(13)25/h6-10,12,18H,11H2,1-5H3,(H,27,28)/t18-/m1/s1. The number of hydrogen-bond donors (Lipinski definition) is 1. The highest BCUT2D eigenvalue weighted by Crippen LogP contribution is 2.43. The summed E-state index contributed by atoms with van der Waals surface area (Å²) >= 11 is 0. The van der Waals surface area contributed by atoms with Crippen molar-refractivity contribution in [3.8, 4) is 17.1 Å². The number of carboxylic acid groups (broad SMARTS) is 1. The summed E-state index contributed by atoms with van der Waals surface area (Å²) in [6.45, 7) is 10.8. The maximum Gasteiger partial charge on any atom is 0.341 e. The zero-order valence-corrected chi connectivity index (χ0v) is 17.3. The average Bonchev–Trinajstić information content (AvgIpc) is 2.99. The molecular formula is C22H25N3O4. The number of benzene rings is 1. The molecule has 1 aliphatic heterocycles. The van der Waals surface area contributed by atoms with Crippen molar-refractivity contribution in [3.05, 3.63) is 46.2 Å². The van der Waals surface area contributed by atoms with Gasteiger partial charge in [-0.15, -0.1) is 0 Å². The van der Waals surface area contributed by atoms with Crippen LogP contribution in [0.3, 0.4) is 0 Å². The molecule has 7 nitrogen and oxygen atoms in total. The lowest BCUT2D eigenvalue weighted by Crippen LogP contribution is -2.35. The molecule has 4 rings (SSSR count). The Labute approximate surface area is 168 Å². The van der Waals surface area contributed by atoms with Crippen molar-refractivity contribution in [1.82, 2.24) is 14.3 Å². The maximum atomic E-state index is 12.5. The molecule has 1 atom stereocenters. The van der Waals surface area contributed by atoms with Crippen molar-refractivity contribution >= 4 is 16.9 Å². The molecule has 152 valence electrons. The number of aromatic nitrogens is 3. The van der Waals surface area contributed by atoms with Gasteiger partial charge in [-0.05, 0) is 25.3 Å². The van der Waals surface area contributed by atoms with Crippen LogP contribution in [0.4, 0.5) is 0 Å². The number of aromatic carboxylic acids is 1. The van der Waals surface area contributed by atoms with Crippen LogP contribution in [-0.4, -0.2) is 31.5 Å². The van der Waals surface area contributed by atoms with E-state index in [1.54, 1.807) is 0 Å². The highest BCUT2D eigenvalue weighted by molar-refractivity contribution is 5.96. The molecule has 0 spiro atoms. The van der Waals surface area contributed by atoms with Crippen LogP contribution in [0.2, 0.25) is 0 Å². The van der Waals surface area contributed by atoms with Crippen LogP contribution in [0.5, 0.6) is 5.75 Å². The molecule has 1 aromatic carbocycles. The Morgan fingerprint density at radius 1 is 1.31 bits per heavy atom. The number of pyridine rings is 1. The third-order valence-electron chi connectivity index (χ3n) is 5.33. The van der Waals surface area contributed by atoms with Gasteiger partial charge in [0, 0.05) is 17.6 Å². The fourth-order valence-corrected chi connectivity index (χ4v) is 3.98. The summed E-state index contributed by atoms with van der Waals surface area (Å²) in [4.78, 5) is 24.1. The second-order valence-corrected chi connectivity index (χ2v) is 8.88. The summed E-state index contributed by atoms with van der Waals surface area (Å²) in [5, 5.41) is 15.2. The lowest BCUT2D eigenvalue weighted by molar-refractivity contribution is 0.0693. The van der Waals surface area contributed by atoms with E-state index < -0.39 is 11.4 Å². The number of ether oxygens (including phenoxy) is 1. The predicted octanol–water partition coefficient (Wildman–Crippen LogP) is 3.95. The van der Waals surface area contributed by atoms with Crippen LogP contribution >= 0.6 is 0 Å². The van der Waals surface area contributed by atoms with Crippen LogP contribution in [0.1, 0.15) is 51.0 Å². The van der Waals surface area contributed by atoms with Gasteiger partial charge >= 0.3 is 5.97 Å². The molecular weight excluding hydrogens is 370 g/mol. The largest absolute Gasteiger partial charge is 0.489 e. The van der Waals surface area contributed by atoms with E-state index in [-0.39, 0.29) is 23.1 Å². The minimum atomic E-state index is -1.21. The molecule has 7 heteroatoms. The van der Waals surface area contributed by atoms with Gasteiger partial charge in [0.25, 0.3) is 0 Å². The topological polar surface area (TPSA) is 86.3 Å². The number of nitrogens with zero attached hydrogens (tertiary/aromatic N) is 3. The summed E-state index contributed by atoms with van der Waals surface area (Å²) < 4.78 is 9.79. The van der Waals surface area contributed by atoms with Crippen LogP contribution in [0, 0.1) is 5.41 Å². The number of fused-ring (bicyclic) bond motifs is 5. The second-order valence-electron chi connectivity index (χ2n) is 8.88. The molecule has 29 heavy (non-hydrogen) atoms. The van der Waals surface area contributed by atoms with E-state index in [1.165, 1.54) is 12.3 Å². The van der Waals surface area contributed by atoms with E-state index in [1.807, 2.05) is 41.3 Å². The molecule has 0 unspecified atom stereocenters. The molecule has 0 aliphatic carbocycles. The molecule has 0 fully saturated rings. The highest BCUT2D eigenvalue weighted by atomic mass is 16.5. The van der Waals surface area contributed by atoms with E-state index in [0.717, 1.165) is 16.6 Å². The van der Waals surface area contributed by atoms with Crippen molar-refractivity contribution in [2.75, 3.05) is 0 Å². The zero-order valence-electron chi connectivity index (χ0n) is 17.3. The second kappa shape index (κ2) is 6.47. The lowest BCUT2D eigenvalue weighted by atomic mass is 9.85. The maximum absolute atomic E-state index is 12.5. The summed E-state index contributed by atoms with van der Waals surface area (Å²) in [6, 6.07) is 7.12. The Morgan fingerprint density at radius 2 is 2.03 bits per heavy atom. The fraction of sp³-hybridized carbons (Fsp3) is 0.409. The van der Waals surface area contributed by atoms with Gasteiger partial charge in [-0.3, -0.25) is 9.48 Å². The van der Waals surface area contributed by atoms with Gasteiger partial charge < -0.3 is 14.4 Å². The zero-order chi connectivity index (χ0) is 21.1. The molecule has 3 aromatic rings. The minimum Gasteiger partial charge on any atom is -0.489 e. The summed E-state index contributed by atoms with van der Waals surface area (Å²) in [5.74, 6) is -0.516. The Hall–Kier alpha value is -3.09. The van der Waals surface area contributed by atoms with Crippen molar-refractivity contribution in [2.45, 2.75) is 53.3 Å². The first-order chi connectivity index (χ1) is 13.6. The number of hydrogen-bond acceptors (Lipinski definition) is 4. The molecule has 0 radical (unpaired) electrons. The van der Waals surface area contributed by atoms with E-state index in [4.69, 9.17) is 9.84 Å². The third-order valence-corrected chi connectivity index (χ3v) is 5.33. The van der Waals surface area contributed by atoms with Gasteiger partial charge in [0.1, 0.15) is 16.8 Å². The van der Waals surface area contributed by atoms with Crippen LogP contribution in [0.25, 0.3) is 22.3 Å². The molecule has 0 bridgehead atoms.